The van der Waals surface area contributed by atoms with E-state index in [-0.39, 0.29) is 11.9 Å². The predicted octanol–water partition coefficient (Wildman–Crippen LogP) is 2.98. The van der Waals surface area contributed by atoms with Gasteiger partial charge in [0.25, 0.3) is 0 Å². The van der Waals surface area contributed by atoms with Gasteiger partial charge in [0.2, 0.25) is 0 Å². The van der Waals surface area contributed by atoms with Crippen LogP contribution in [0.4, 0.5) is 0 Å². The lowest BCUT2D eigenvalue weighted by Gasteiger charge is -2.30. The van der Waals surface area contributed by atoms with Crippen molar-refractivity contribution in [2.45, 2.75) is 19.8 Å². The van der Waals surface area contributed by atoms with Crippen LogP contribution in [0, 0.1) is 5.92 Å². The van der Waals surface area contributed by atoms with Crippen molar-refractivity contribution in [2.24, 2.45) is 5.92 Å². The molecule has 22 heavy (non-hydrogen) atoms. The lowest BCUT2D eigenvalue weighted by molar-refractivity contribution is -0.149. The van der Waals surface area contributed by atoms with Gasteiger partial charge in [0.1, 0.15) is 5.75 Å². The Morgan fingerprint density at radius 2 is 2.23 bits per heavy atom. The largest absolute Gasteiger partial charge is 0.496 e. The van der Waals surface area contributed by atoms with Gasteiger partial charge in [-0.2, -0.15) is 0 Å². The third kappa shape index (κ3) is 4.60. The molecule has 0 aliphatic carbocycles. The van der Waals surface area contributed by atoms with Gasteiger partial charge < -0.3 is 9.47 Å². The molecule has 0 spiro atoms. The van der Waals surface area contributed by atoms with Gasteiger partial charge in [-0.05, 0) is 32.4 Å². The van der Waals surface area contributed by atoms with Crippen LogP contribution < -0.4 is 4.74 Å². The Morgan fingerprint density at radius 3 is 3.00 bits per heavy atom. The fourth-order valence-corrected chi connectivity index (χ4v) is 2.81. The first kappa shape index (κ1) is 16.6. The van der Waals surface area contributed by atoms with Crippen LogP contribution in [0.2, 0.25) is 0 Å². The normalized spacial score (nSPS) is 19.3. The summed E-state index contributed by atoms with van der Waals surface area (Å²) < 4.78 is 10.5. The van der Waals surface area contributed by atoms with Crippen molar-refractivity contribution in [3.8, 4) is 5.75 Å². The molecular formula is C18H25NO3. The molecular weight excluding hydrogens is 278 g/mol. The molecule has 1 saturated heterocycles. The number of esters is 1. The molecule has 1 heterocycles. The zero-order valence-corrected chi connectivity index (χ0v) is 13.5. The number of ether oxygens (including phenoxy) is 2. The minimum Gasteiger partial charge on any atom is -0.496 e. The Bertz CT molecular complexity index is 513. The van der Waals surface area contributed by atoms with E-state index in [2.05, 4.69) is 17.1 Å². The van der Waals surface area contributed by atoms with Crippen LogP contribution in [0.25, 0.3) is 6.08 Å². The number of nitrogens with zero attached hydrogens (tertiary/aromatic N) is 1. The SMILES string of the molecule is CCOC(=O)[C@H]1CCCN(C/C=C/c2ccccc2OC)C1. The van der Waals surface area contributed by atoms with Crippen molar-refractivity contribution in [1.82, 2.24) is 4.90 Å². The highest BCUT2D eigenvalue weighted by atomic mass is 16.5. The van der Waals surface area contributed by atoms with Gasteiger partial charge >= 0.3 is 5.97 Å². The van der Waals surface area contributed by atoms with E-state index >= 15 is 0 Å². The van der Waals surface area contributed by atoms with Crippen LogP contribution in [0.5, 0.6) is 5.75 Å². The molecule has 1 aromatic rings. The monoisotopic (exact) mass is 303 g/mol. The summed E-state index contributed by atoms with van der Waals surface area (Å²) in [5.74, 6) is 0.844. The number of rotatable bonds is 6. The fraction of sp³-hybridized carbons (Fsp3) is 0.500. The van der Waals surface area contributed by atoms with Crippen molar-refractivity contribution in [3.05, 3.63) is 35.9 Å². The van der Waals surface area contributed by atoms with Gasteiger partial charge in [-0.25, -0.2) is 0 Å². The number of hydrogen-bond donors (Lipinski definition) is 0. The second kappa shape index (κ2) is 8.59. The zero-order valence-electron chi connectivity index (χ0n) is 13.5. The predicted molar refractivity (Wildman–Crippen MR) is 87.8 cm³/mol. The molecule has 1 aliphatic rings. The molecule has 1 aliphatic heterocycles. The summed E-state index contributed by atoms with van der Waals surface area (Å²) in [6.45, 7) is 4.98. The first-order valence-electron chi connectivity index (χ1n) is 7.93. The fourth-order valence-electron chi connectivity index (χ4n) is 2.81. The topological polar surface area (TPSA) is 38.8 Å². The van der Waals surface area contributed by atoms with Crippen LogP contribution in [-0.4, -0.2) is 44.2 Å². The molecule has 0 bridgehead atoms. The molecule has 4 heteroatoms. The Balaban J connectivity index is 1.88. The number of likely N-dealkylation sites (tertiary alicyclic amines) is 1. The molecule has 1 fully saturated rings. The number of carbonyl (C=O) groups excluding carboxylic acids is 1. The molecule has 2 rings (SSSR count). The van der Waals surface area contributed by atoms with Crippen LogP contribution in [0.15, 0.2) is 30.3 Å². The van der Waals surface area contributed by atoms with E-state index in [0.29, 0.717) is 6.61 Å². The van der Waals surface area contributed by atoms with Crippen LogP contribution in [-0.2, 0) is 9.53 Å². The molecule has 0 unspecified atom stereocenters. The first-order chi connectivity index (χ1) is 10.7. The Morgan fingerprint density at radius 1 is 1.41 bits per heavy atom. The van der Waals surface area contributed by atoms with E-state index in [1.807, 2.05) is 31.2 Å². The average Bonchev–Trinajstić information content (AvgIpc) is 2.56. The number of hydrogen-bond acceptors (Lipinski definition) is 4. The molecule has 0 radical (unpaired) electrons. The molecule has 1 aromatic carbocycles. The highest BCUT2D eigenvalue weighted by molar-refractivity contribution is 5.72. The average molecular weight is 303 g/mol. The second-order valence-electron chi connectivity index (χ2n) is 5.50. The van der Waals surface area contributed by atoms with Crippen molar-refractivity contribution >= 4 is 12.0 Å². The smallest absolute Gasteiger partial charge is 0.310 e. The minimum absolute atomic E-state index is 0.0216. The molecule has 0 N–H and O–H groups in total. The standard InChI is InChI=1S/C18H25NO3/c1-3-22-18(20)16-10-7-13-19(14-16)12-6-9-15-8-4-5-11-17(15)21-2/h4-6,8-9,11,16H,3,7,10,12-14H2,1-2H3/b9-6+/t16-/m0/s1. The number of methoxy groups -OCH3 is 1. The van der Waals surface area contributed by atoms with Crippen LogP contribution in [0.1, 0.15) is 25.3 Å². The van der Waals surface area contributed by atoms with Gasteiger partial charge in [0.15, 0.2) is 0 Å². The van der Waals surface area contributed by atoms with Gasteiger partial charge in [0.05, 0.1) is 19.6 Å². The Kier molecular flexibility index (Phi) is 6.46. The molecule has 4 nitrogen and oxygen atoms in total. The lowest BCUT2D eigenvalue weighted by Crippen LogP contribution is -2.39. The molecule has 1 atom stereocenters. The third-order valence-electron chi connectivity index (χ3n) is 3.93. The summed E-state index contributed by atoms with van der Waals surface area (Å²) in [4.78, 5) is 14.1. The van der Waals surface area contributed by atoms with Gasteiger partial charge in [-0.3, -0.25) is 9.69 Å². The van der Waals surface area contributed by atoms with Crippen molar-refractivity contribution in [1.29, 1.82) is 0 Å². The maximum Gasteiger partial charge on any atom is 0.310 e. The number of piperidine rings is 1. The van der Waals surface area contributed by atoms with E-state index in [1.54, 1.807) is 7.11 Å². The van der Waals surface area contributed by atoms with Crippen molar-refractivity contribution < 1.29 is 14.3 Å². The summed E-state index contributed by atoms with van der Waals surface area (Å²) in [5.41, 5.74) is 1.07. The van der Waals surface area contributed by atoms with Crippen molar-refractivity contribution in [3.63, 3.8) is 0 Å². The molecule has 0 saturated carbocycles. The van der Waals surface area contributed by atoms with Gasteiger partial charge in [-0.15, -0.1) is 0 Å². The highest BCUT2D eigenvalue weighted by Crippen LogP contribution is 2.20. The Hall–Kier alpha value is -1.81. The third-order valence-corrected chi connectivity index (χ3v) is 3.93. The van der Waals surface area contributed by atoms with Gasteiger partial charge in [0, 0.05) is 18.7 Å². The van der Waals surface area contributed by atoms with E-state index < -0.39 is 0 Å². The molecule has 120 valence electrons. The summed E-state index contributed by atoms with van der Waals surface area (Å²) in [7, 11) is 1.68. The van der Waals surface area contributed by atoms with Crippen molar-refractivity contribution in [2.75, 3.05) is 33.4 Å². The first-order valence-corrected chi connectivity index (χ1v) is 7.93. The second-order valence-corrected chi connectivity index (χ2v) is 5.50. The lowest BCUT2D eigenvalue weighted by atomic mass is 9.98. The number of benzene rings is 1. The maximum atomic E-state index is 11.8. The summed E-state index contributed by atoms with van der Waals surface area (Å²) in [5, 5.41) is 0. The summed E-state index contributed by atoms with van der Waals surface area (Å²) in [6, 6.07) is 7.95. The minimum atomic E-state index is -0.0547. The van der Waals surface area contributed by atoms with E-state index in [9.17, 15) is 4.79 Å². The summed E-state index contributed by atoms with van der Waals surface area (Å²) in [6.07, 6.45) is 6.19. The quantitative estimate of drug-likeness (QED) is 0.757. The highest BCUT2D eigenvalue weighted by Gasteiger charge is 2.26. The van der Waals surface area contributed by atoms with E-state index in [1.165, 1.54) is 0 Å². The van der Waals surface area contributed by atoms with E-state index in [0.717, 1.165) is 43.8 Å². The Labute approximate surface area is 132 Å². The van der Waals surface area contributed by atoms with E-state index in [4.69, 9.17) is 9.47 Å². The molecule has 0 aromatic heterocycles. The summed E-state index contributed by atoms with van der Waals surface area (Å²) >= 11 is 0. The van der Waals surface area contributed by atoms with Crippen LogP contribution >= 0.6 is 0 Å². The zero-order chi connectivity index (χ0) is 15.8. The maximum absolute atomic E-state index is 11.8. The number of para-hydroxylation sites is 1. The van der Waals surface area contributed by atoms with Gasteiger partial charge in [-0.1, -0.05) is 30.4 Å². The van der Waals surface area contributed by atoms with Crippen LogP contribution in [0.3, 0.4) is 0 Å². The number of carbonyl (C=O) groups is 1. The molecule has 0 amide bonds.